The fourth-order valence-corrected chi connectivity index (χ4v) is 4.98. The Labute approximate surface area is 217 Å². The lowest BCUT2D eigenvalue weighted by molar-refractivity contribution is -0.118. The van der Waals surface area contributed by atoms with Gasteiger partial charge in [-0.3, -0.25) is 9.69 Å². The van der Waals surface area contributed by atoms with Gasteiger partial charge in [-0.2, -0.15) is 0 Å². The van der Waals surface area contributed by atoms with Crippen molar-refractivity contribution < 1.29 is 14.3 Å². The van der Waals surface area contributed by atoms with E-state index >= 15 is 0 Å². The highest BCUT2D eigenvalue weighted by atomic mass is 35.5. The van der Waals surface area contributed by atoms with Gasteiger partial charge in [0.05, 0.1) is 24.3 Å². The molecule has 5 nitrogen and oxygen atoms in total. The van der Waals surface area contributed by atoms with Crippen molar-refractivity contribution in [1.29, 1.82) is 0 Å². The van der Waals surface area contributed by atoms with Crippen LogP contribution < -0.4 is 9.47 Å². The maximum atomic E-state index is 10.7. The number of rotatable bonds is 5. The molecule has 0 fully saturated rings. The van der Waals surface area contributed by atoms with Crippen LogP contribution in [0.5, 0.6) is 11.5 Å². The number of amides is 1. The summed E-state index contributed by atoms with van der Waals surface area (Å²) in [6.45, 7) is 4.33. The zero-order valence-corrected chi connectivity index (χ0v) is 21.6. The fraction of sp³-hybridized carbons (Fsp3) is 0.321. The third-order valence-corrected chi connectivity index (χ3v) is 7.39. The van der Waals surface area contributed by atoms with Gasteiger partial charge in [-0.15, -0.1) is 0 Å². The first-order valence-corrected chi connectivity index (χ1v) is 12.4. The number of ether oxygens (including phenoxy) is 2. The number of nitrogens with zero attached hydrogens (tertiary/aromatic N) is 2. The smallest absolute Gasteiger partial charge is 0.210 e. The van der Waals surface area contributed by atoms with E-state index in [1.807, 2.05) is 24.3 Å². The zero-order valence-electron chi connectivity index (χ0n) is 20.1. The van der Waals surface area contributed by atoms with Crippen LogP contribution in [0.1, 0.15) is 27.8 Å². The summed E-state index contributed by atoms with van der Waals surface area (Å²) in [6, 6.07) is 18.4. The molecular weight excluding hydrogens is 483 g/mol. The van der Waals surface area contributed by atoms with E-state index < -0.39 is 0 Å². The van der Waals surface area contributed by atoms with E-state index in [0.717, 1.165) is 62.3 Å². The lowest BCUT2D eigenvalue weighted by Gasteiger charge is -2.29. The highest BCUT2D eigenvalue weighted by Gasteiger charge is 2.18. The molecule has 0 N–H and O–H groups in total. The molecule has 0 bridgehead atoms. The molecule has 1 amide bonds. The molecule has 184 valence electrons. The van der Waals surface area contributed by atoms with Crippen molar-refractivity contribution in [2.24, 2.45) is 0 Å². The van der Waals surface area contributed by atoms with Crippen LogP contribution in [0.2, 0.25) is 10.0 Å². The largest absolute Gasteiger partial charge is 0.493 e. The van der Waals surface area contributed by atoms with E-state index in [2.05, 4.69) is 35.2 Å². The molecule has 0 aromatic heterocycles. The van der Waals surface area contributed by atoms with Gasteiger partial charge >= 0.3 is 0 Å². The number of hydrogen-bond acceptors (Lipinski definition) is 4. The van der Waals surface area contributed by atoms with Crippen molar-refractivity contribution in [1.82, 2.24) is 9.80 Å². The molecule has 0 saturated carbocycles. The van der Waals surface area contributed by atoms with Crippen molar-refractivity contribution in [2.75, 3.05) is 27.3 Å². The predicted octanol–water partition coefficient (Wildman–Crippen LogP) is 5.77. The van der Waals surface area contributed by atoms with Crippen LogP contribution in [0.15, 0.2) is 54.6 Å². The zero-order chi connectivity index (χ0) is 24.8. The van der Waals surface area contributed by atoms with Crippen LogP contribution in [0.4, 0.5) is 0 Å². The van der Waals surface area contributed by atoms with Gasteiger partial charge in [0.25, 0.3) is 0 Å². The van der Waals surface area contributed by atoms with Crippen molar-refractivity contribution in [3.63, 3.8) is 0 Å². The Morgan fingerprint density at radius 2 is 1.51 bits per heavy atom. The third kappa shape index (κ3) is 6.10. The quantitative estimate of drug-likeness (QED) is 0.407. The van der Waals surface area contributed by atoms with Gasteiger partial charge in [0.2, 0.25) is 6.41 Å². The Morgan fingerprint density at radius 3 is 2.23 bits per heavy atom. The van der Waals surface area contributed by atoms with Crippen LogP contribution >= 0.6 is 23.2 Å². The second-order valence-corrected chi connectivity index (χ2v) is 9.53. The maximum absolute atomic E-state index is 10.7. The summed E-state index contributed by atoms with van der Waals surface area (Å²) in [5, 5.41) is 1.32. The van der Waals surface area contributed by atoms with Gasteiger partial charge in [-0.25, -0.2) is 0 Å². The molecule has 2 aliphatic heterocycles. The van der Waals surface area contributed by atoms with E-state index in [-0.39, 0.29) is 0 Å². The normalized spacial score (nSPS) is 14.8. The highest BCUT2D eigenvalue weighted by Crippen LogP contribution is 2.33. The summed E-state index contributed by atoms with van der Waals surface area (Å²) >= 11 is 12.3. The van der Waals surface area contributed by atoms with Crippen LogP contribution in [0.25, 0.3) is 0 Å². The summed E-state index contributed by atoms with van der Waals surface area (Å²) in [7, 11) is 3.25. The molecule has 0 atom stereocenters. The minimum atomic E-state index is 0.636. The molecule has 35 heavy (non-hydrogen) atoms. The first-order valence-electron chi connectivity index (χ1n) is 11.7. The van der Waals surface area contributed by atoms with E-state index in [4.69, 9.17) is 32.7 Å². The number of hydrogen-bond donors (Lipinski definition) is 0. The average molecular weight is 513 g/mol. The maximum Gasteiger partial charge on any atom is 0.210 e. The van der Waals surface area contributed by atoms with Gasteiger partial charge in [0.1, 0.15) is 0 Å². The summed E-state index contributed by atoms with van der Waals surface area (Å²) in [5.74, 6) is 1.47. The van der Waals surface area contributed by atoms with E-state index in [1.54, 1.807) is 19.1 Å². The Hall–Kier alpha value is -2.73. The molecule has 0 unspecified atom stereocenters. The molecule has 0 spiro atoms. The molecule has 5 rings (SSSR count). The van der Waals surface area contributed by atoms with Crippen LogP contribution in [0, 0.1) is 0 Å². The van der Waals surface area contributed by atoms with Gasteiger partial charge < -0.3 is 14.4 Å². The minimum absolute atomic E-state index is 0.636. The minimum Gasteiger partial charge on any atom is -0.493 e. The number of carbonyl (C=O) groups is 1. The monoisotopic (exact) mass is 512 g/mol. The Morgan fingerprint density at radius 1 is 0.829 bits per heavy atom. The van der Waals surface area contributed by atoms with Gasteiger partial charge in [-0.1, -0.05) is 59.6 Å². The van der Waals surface area contributed by atoms with E-state index in [1.165, 1.54) is 16.7 Å². The summed E-state index contributed by atoms with van der Waals surface area (Å²) in [5.41, 5.74) is 6.36. The lowest BCUT2D eigenvalue weighted by Crippen LogP contribution is -2.30. The molecule has 2 heterocycles. The second kappa shape index (κ2) is 11.8. The molecule has 2 aliphatic rings. The lowest BCUT2D eigenvalue weighted by atomic mass is 9.99. The number of halogens is 2. The van der Waals surface area contributed by atoms with Gasteiger partial charge in [0.15, 0.2) is 11.5 Å². The third-order valence-electron chi connectivity index (χ3n) is 6.53. The SMILES string of the molecule is COc1cc2c(cc1OC)CN(C=O)CC2.Clc1cccc(CN2CCc3ccccc3C2)c1Cl. The summed E-state index contributed by atoms with van der Waals surface area (Å²) in [4.78, 5) is 14.9. The molecular formula is C28H30Cl2N2O3. The molecule has 3 aromatic rings. The Bertz CT molecular complexity index is 1180. The van der Waals surface area contributed by atoms with E-state index in [0.29, 0.717) is 22.3 Å². The van der Waals surface area contributed by atoms with Crippen LogP contribution in [-0.2, 0) is 37.3 Å². The highest BCUT2D eigenvalue weighted by molar-refractivity contribution is 6.42. The van der Waals surface area contributed by atoms with Crippen molar-refractivity contribution >= 4 is 29.6 Å². The number of fused-ring (bicyclic) bond motifs is 2. The summed E-state index contributed by atoms with van der Waals surface area (Å²) < 4.78 is 10.5. The number of methoxy groups -OCH3 is 2. The molecule has 7 heteroatoms. The topological polar surface area (TPSA) is 42.0 Å². The van der Waals surface area contributed by atoms with Crippen molar-refractivity contribution in [2.45, 2.75) is 32.5 Å². The van der Waals surface area contributed by atoms with Crippen molar-refractivity contribution in [3.05, 3.63) is 92.5 Å². The Balaban J connectivity index is 0.000000168. The second-order valence-electron chi connectivity index (χ2n) is 8.74. The van der Waals surface area contributed by atoms with Gasteiger partial charge in [0, 0.05) is 32.7 Å². The standard InChI is InChI=1S/C16H15Cl2N.C12H15NO3/c17-15-7-3-6-14(16(15)18)11-19-9-8-12-4-1-2-5-13(12)10-19;1-15-11-5-9-3-4-13(8-14)7-10(9)6-12(11)16-2/h1-7H,8-11H2;5-6,8H,3-4,7H2,1-2H3. The van der Waals surface area contributed by atoms with Gasteiger partial charge in [-0.05, 0) is 58.9 Å². The fourth-order valence-electron chi connectivity index (χ4n) is 4.60. The predicted molar refractivity (Wildman–Crippen MR) is 140 cm³/mol. The van der Waals surface area contributed by atoms with Crippen molar-refractivity contribution in [3.8, 4) is 11.5 Å². The molecule has 0 aliphatic carbocycles. The molecule has 0 saturated heterocycles. The summed E-state index contributed by atoms with van der Waals surface area (Å²) in [6.07, 6.45) is 2.86. The van der Waals surface area contributed by atoms with E-state index in [9.17, 15) is 4.79 Å². The first-order chi connectivity index (χ1) is 17.0. The first kappa shape index (κ1) is 25.4. The van der Waals surface area contributed by atoms with Crippen LogP contribution in [0.3, 0.4) is 0 Å². The molecule has 3 aromatic carbocycles. The molecule has 0 radical (unpaired) electrons. The number of benzene rings is 3. The number of carbonyl (C=O) groups excluding carboxylic acids is 1. The average Bonchev–Trinajstić information content (AvgIpc) is 2.90. The van der Waals surface area contributed by atoms with Crippen LogP contribution in [-0.4, -0.2) is 43.5 Å². The Kier molecular flexibility index (Phi) is 8.55.